The lowest BCUT2D eigenvalue weighted by molar-refractivity contribution is -0.438. The van der Waals surface area contributed by atoms with E-state index < -0.39 is 125 Å². The normalized spacial score (nSPS) is 23.7. The van der Waals surface area contributed by atoms with E-state index in [2.05, 4.69) is 0 Å². The molecule has 72 heavy (non-hydrogen) atoms. The van der Waals surface area contributed by atoms with Crippen LogP contribution in [-0.2, 0) is 39.5 Å². The van der Waals surface area contributed by atoms with E-state index in [0.717, 1.165) is 0 Å². The Kier molecular flexibility index (Phi) is 19.0. The smallest absolute Gasteiger partial charge is 0.317 e. The molecule has 0 radical (unpaired) electrons. The largest absolute Gasteiger partial charge is 0.490 e. The molecule has 22 heteroatoms. The zero-order valence-electron chi connectivity index (χ0n) is 39.6. The molecule has 4 aliphatic rings. The first-order valence-corrected chi connectivity index (χ1v) is 23.7. The van der Waals surface area contributed by atoms with Crippen LogP contribution >= 0.6 is 0 Å². The maximum Gasteiger partial charge on any atom is 0.317 e. The SMILES string of the molecule is O=C(O)CN(CCCN1C(=CC=C2CCCC(C=CC3=[N+](CCCN(CC(=O)O)CC(=O)O)c4ccccc4C3(CO)CO)=C2OCC2OC(O)C(O)C(O)C2O)C(CO)(CO)c2ccccc21)CC(=O)O. The summed E-state index contributed by atoms with van der Waals surface area (Å²) < 4.78 is 13.8. The van der Waals surface area contributed by atoms with E-state index in [-0.39, 0.29) is 44.8 Å². The number of ether oxygens (including phenoxy) is 2. The van der Waals surface area contributed by atoms with Crippen molar-refractivity contribution in [2.24, 2.45) is 0 Å². The molecule has 1 fully saturated rings. The Balaban J connectivity index is 1.45. The van der Waals surface area contributed by atoms with Gasteiger partial charge in [-0.25, -0.2) is 0 Å². The van der Waals surface area contributed by atoms with Gasteiger partial charge < -0.3 is 75.7 Å². The molecular weight excluding hydrogens is 945 g/mol. The van der Waals surface area contributed by atoms with E-state index in [1.165, 1.54) is 9.80 Å². The predicted molar refractivity (Wildman–Crippen MR) is 255 cm³/mol. The molecule has 2 aromatic carbocycles. The van der Waals surface area contributed by atoms with Gasteiger partial charge in [0.15, 0.2) is 18.5 Å². The number of aliphatic hydroxyl groups excluding tert-OH is 8. The maximum absolute atomic E-state index is 11.6. The van der Waals surface area contributed by atoms with E-state index in [9.17, 15) is 80.5 Å². The average molecular weight is 1010 g/mol. The van der Waals surface area contributed by atoms with Crippen LogP contribution in [0, 0.1) is 0 Å². The molecule has 3 heterocycles. The molecule has 3 aliphatic heterocycles. The van der Waals surface area contributed by atoms with Crippen molar-refractivity contribution in [3.63, 3.8) is 0 Å². The third kappa shape index (κ3) is 12.1. The van der Waals surface area contributed by atoms with Crippen molar-refractivity contribution in [1.82, 2.24) is 9.80 Å². The first-order valence-electron chi connectivity index (χ1n) is 23.7. The molecule has 6 rings (SSSR count). The highest BCUT2D eigenvalue weighted by Crippen LogP contribution is 2.48. The molecule has 1 aliphatic carbocycles. The number of nitrogens with zero attached hydrogens (tertiary/aromatic N) is 4. The number of fused-ring (bicyclic) bond motifs is 2. The average Bonchev–Trinajstić information content (AvgIpc) is 3.77. The zero-order chi connectivity index (χ0) is 52.3. The highest BCUT2D eigenvalue weighted by atomic mass is 16.6. The fourth-order valence-corrected chi connectivity index (χ4v) is 10.1. The zero-order valence-corrected chi connectivity index (χ0v) is 39.6. The summed E-state index contributed by atoms with van der Waals surface area (Å²) >= 11 is 0. The second-order valence-electron chi connectivity index (χ2n) is 18.4. The van der Waals surface area contributed by atoms with Crippen molar-refractivity contribution in [3.8, 4) is 0 Å². The molecular formula is C50H65N4O18+. The summed E-state index contributed by atoms with van der Waals surface area (Å²) in [5.41, 5.74) is 1.96. The highest BCUT2D eigenvalue weighted by Gasteiger charge is 2.51. The number of hydrogen-bond donors (Lipinski definition) is 12. The van der Waals surface area contributed by atoms with Crippen LogP contribution in [0.15, 0.2) is 95.4 Å². The van der Waals surface area contributed by atoms with Gasteiger partial charge >= 0.3 is 23.9 Å². The molecule has 0 bridgehead atoms. The molecule has 0 amide bonds. The summed E-state index contributed by atoms with van der Waals surface area (Å²) in [4.78, 5) is 50.7. The summed E-state index contributed by atoms with van der Waals surface area (Å²) in [5.74, 6) is -4.51. The second kappa shape index (κ2) is 24.7. The summed E-state index contributed by atoms with van der Waals surface area (Å²) in [7, 11) is 0. The molecule has 5 unspecified atom stereocenters. The third-order valence-corrected chi connectivity index (χ3v) is 13.6. The number of aliphatic hydroxyl groups is 8. The Bertz CT molecular complexity index is 2410. The molecule has 0 spiro atoms. The Hall–Kier alpha value is -5.89. The van der Waals surface area contributed by atoms with Crippen LogP contribution < -0.4 is 4.90 Å². The van der Waals surface area contributed by atoms with Gasteiger partial charge in [-0.05, 0) is 60.6 Å². The molecule has 22 nitrogen and oxygen atoms in total. The number of benzene rings is 2. The minimum atomic E-state index is -1.85. The van der Waals surface area contributed by atoms with Crippen LogP contribution in [0.1, 0.15) is 43.2 Å². The van der Waals surface area contributed by atoms with Gasteiger partial charge in [0.1, 0.15) is 42.2 Å². The molecule has 392 valence electrons. The van der Waals surface area contributed by atoms with Crippen molar-refractivity contribution < 1.29 is 94.5 Å². The predicted octanol–water partition coefficient (Wildman–Crippen LogP) is -0.906. The van der Waals surface area contributed by atoms with Crippen LogP contribution in [0.25, 0.3) is 0 Å². The molecule has 12 N–H and O–H groups in total. The van der Waals surface area contributed by atoms with Crippen LogP contribution in [0.4, 0.5) is 11.4 Å². The van der Waals surface area contributed by atoms with Gasteiger partial charge in [0, 0.05) is 55.1 Å². The minimum Gasteiger partial charge on any atom is -0.490 e. The summed E-state index contributed by atoms with van der Waals surface area (Å²) in [5, 5.41) is 124. The van der Waals surface area contributed by atoms with E-state index >= 15 is 0 Å². The van der Waals surface area contributed by atoms with Gasteiger partial charge in [-0.3, -0.25) is 29.0 Å². The van der Waals surface area contributed by atoms with Crippen LogP contribution in [-0.4, -0.2) is 221 Å². The monoisotopic (exact) mass is 1010 g/mol. The number of anilines is 1. The van der Waals surface area contributed by atoms with Crippen LogP contribution in [0.3, 0.4) is 0 Å². The molecule has 5 atom stereocenters. The number of carboxylic acid groups (broad SMARTS) is 4. The number of allylic oxidation sites excluding steroid dienone is 6. The first kappa shape index (κ1) is 55.4. The van der Waals surface area contributed by atoms with E-state index in [4.69, 9.17) is 9.47 Å². The lowest BCUT2D eigenvalue weighted by Crippen LogP contribution is -2.58. The number of carbonyl (C=O) groups is 4. The summed E-state index contributed by atoms with van der Waals surface area (Å²) in [6.45, 7) is -3.94. The number of carboxylic acids is 4. The Labute approximate surface area is 414 Å². The van der Waals surface area contributed by atoms with E-state index in [1.807, 2.05) is 21.6 Å². The fourth-order valence-electron chi connectivity index (χ4n) is 10.1. The minimum absolute atomic E-state index is 0.0894. The first-order chi connectivity index (χ1) is 34.4. The second-order valence-corrected chi connectivity index (χ2v) is 18.4. The summed E-state index contributed by atoms with van der Waals surface area (Å²) in [6, 6.07) is 14.3. The molecule has 0 saturated carbocycles. The van der Waals surface area contributed by atoms with E-state index in [1.54, 1.807) is 60.7 Å². The van der Waals surface area contributed by atoms with Crippen molar-refractivity contribution in [3.05, 3.63) is 107 Å². The molecule has 0 aromatic heterocycles. The van der Waals surface area contributed by atoms with E-state index in [0.29, 0.717) is 64.3 Å². The Morgan fingerprint density at radius 1 is 0.694 bits per heavy atom. The maximum atomic E-state index is 11.6. The van der Waals surface area contributed by atoms with Gasteiger partial charge in [-0.2, -0.15) is 4.58 Å². The topological polar surface area (TPSA) is 342 Å². The fraction of sp³-hybridized carbons (Fsp3) is 0.500. The highest BCUT2D eigenvalue weighted by molar-refractivity contribution is 6.04. The van der Waals surface area contributed by atoms with Crippen LogP contribution in [0.5, 0.6) is 0 Å². The Morgan fingerprint density at radius 2 is 1.26 bits per heavy atom. The lowest BCUT2D eigenvalue weighted by atomic mass is 9.78. The van der Waals surface area contributed by atoms with Crippen molar-refractivity contribution in [2.75, 3.05) is 90.3 Å². The van der Waals surface area contributed by atoms with Gasteiger partial charge in [0.2, 0.25) is 5.69 Å². The van der Waals surface area contributed by atoms with Gasteiger partial charge in [0.05, 0.1) is 58.0 Å². The third-order valence-electron chi connectivity index (χ3n) is 13.6. The van der Waals surface area contributed by atoms with Crippen molar-refractivity contribution >= 4 is 41.0 Å². The standard InChI is InChI=1S/C50H64N4O18/c55-27-49(28-56)33-10-1-3-12-35(33)53(20-6-18-51(22-40(59)60)23-41(61)62)38(49)16-14-31-8-5-9-32(47(31)71-26-37-44(67)45(68)46(69)48(70)72-37)15-17-39-50(29-57,30-58)34-11-2-4-13-36(34)54(39)21-7-19-52(24-42(63)64)25-43(65)66/h1-4,10-17,37,44-46,48,55-58,67-70H,5-9,18-30H2,(H3-,59,60,61,62,63,64,65,66)/p+1. The van der Waals surface area contributed by atoms with Crippen molar-refractivity contribution in [2.45, 2.75) is 73.6 Å². The van der Waals surface area contributed by atoms with Gasteiger partial charge in [-0.15, -0.1) is 0 Å². The lowest BCUT2D eigenvalue weighted by Gasteiger charge is -2.38. The number of aliphatic carboxylic acids is 4. The Morgan fingerprint density at radius 3 is 1.86 bits per heavy atom. The number of para-hydroxylation sites is 2. The number of rotatable bonds is 26. The van der Waals surface area contributed by atoms with Gasteiger partial charge in [0.25, 0.3) is 0 Å². The quantitative estimate of drug-likeness (QED) is 0.0508. The van der Waals surface area contributed by atoms with Crippen LogP contribution in [0.2, 0.25) is 0 Å². The summed E-state index contributed by atoms with van der Waals surface area (Å²) in [6.07, 6.45) is 0.431. The molecule has 2 aromatic rings. The molecule has 1 saturated heterocycles. The van der Waals surface area contributed by atoms with Crippen molar-refractivity contribution in [1.29, 1.82) is 0 Å². The number of hydrogen-bond acceptors (Lipinski definition) is 17. The van der Waals surface area contributed by atoms with Gasteiger partial charge in [-0.1, -0.05) is 42.5 Å².